The highest BCUT2D eigenvalue weighted by Crippen LogP contribution is 2.29. The lowest BCUT2D eigenvalue weighted by Crippen LogP contribution is -2.24. The first kappa shape index (κ1) is 16.4. The van der Waals surface area contributed by atoms with Gasteiger partial charge in [0.15, 0.2) is 7.05 Å². The summed E-state index contributed by atoms with van der Waals surface area (Å²) in [6, 6.07) is 15.8. The number of rotatable bonds is 1. The van der Waals surface area contributed by atoms with Gasteiger partial charge < -0.3 is 17.3 Å². The first-order chi connectivity index (χ1) is 10.3. The summed E-state index contributed by atoms with van der Waals surface area (Å²) in [5.41, 5.74) is 2.09. The number of hydrogen-bond acceptors (Lipinski definition) is 1. The van der Waals surface area contributed by atoms with E-state index in [1.807, 2.05) is 55.6 Å². The number of nitrogens with zero attached hydrogens (tertiary/aromatic N) is 1. The predicted octanol–water partition coefficient (Wildman–Crippen LogP) is 4.88. The summed E-state index contributed by atoms with van der Waals surface area (Å²) in [6.07, 6.45) is 0. The molecule has 22 heavy (non-hydrogen) atoms. The SMILES string of the molecule is C[n+]1oc(-c2ccccc2)c2cc(Cl)ccc21.F[B-](F)(F)F. The van der Waals surface area contributed by atoms with Crippen LogP contribution in [0.4, 0.5) is 17.3 Å². The quantitative estimate of drug-likeness (QED) is 0.353. The van der Waals surface area contributed by atoms with Gasteiger partial charge in [-0.15, -0.1) is 0 Å². The summed E-state index contributed by atoms with van der Waals surface area (Å²) in [4.78, 5) is 0. The molecule has 0 amide bonds. The van der Waals surface area contributed by atoms with Gasteiger partial charge in [-0.1, -0.05) is 41.9 Å². The van der Waals surface area contributed by atoms with Crippen molar-refractivity contribution in [2.75, 3.05) is 0 Å². The Morgan fingerprint density at radius 1 is 1.00 bits per heavy atom. The summed E-state index contributed by atoms with van der Waals surface area (Å²) in [5.74, 6) is 0.852. The van der Waals surface area contributed by atoms with Crippen molar-refractivity contribution in [2.24, 2.45) is 7.05 Å². The molecule has 0 N–H and O–H groups in total. The molecule has 0 atom stereocenters. The molecule has 0 bridgehead atoms. The number of benzene rings is 2. The minimum absolute atomic E-state index is 0.719. The van der Waals surface area contributed by atoms with Gasteiger partial charge in [0.05, 0.1) is 0 Å². The van der Waals surface area contributed by atoms with Gasteiger partial charge in [0, 0.05) is 16.7 Å². The first-order valence-electron chi connectivity index (χ1n) is 6.27. The lowest BCUT2D eigenvalue weighted by molar-refractivity contribution is -0.823. The number of hydrogen-bond donors (Lipinski definition) is 0. The largest absolute Gasteiger partial charge is 0.673 e. The molecule has 116 valence electrons. The molecule has 0 spiro atoms. The lowest BCUT2D eigenvalue weighted by atomic mass is 10.1. The minimum Gasteiger partial charge on any atom is -0.418 e. The van der Waals surface area contributed by atoms with Crippen molar-refractivity contribution in [3.63, 3.8) is 0 Å². The van der Waals surface area contributed by atoms with Crippen molar-refractivity contribution in [3.05, 3.63) is 53.6 Å². The molecule has 0 fully saturated rings. The number of halogens is 5. The monoisotopic (exact) mass is 331 g/mol. The normalized spacial score (nSPS) is 11.2. The van der Waals surface area contributed by atoms with Crippen LogP contribution in [0.3, 0.4) is 0 Å². The van der Waals surface area contributed by atoms with Crippen LogP contribution in [0.1, 0.15) is 0 Å². The Hall–Kier alpha value is -2.02. The molecule has 0 saturated heterocycles. The standard InChI is InChI=1S/C14H11ClNO.BF4/c1-16-13-8-7-11(15)9-12(13)14(17-16)10-5-3-2-4-6-10;2-1(3,4)5/h2-9H,1H3;/q+1;-1. The lowest BCUT2D eigenvalue weighted by Gasteiger charge is -1.94. The third-order valence-electron chi connectivity index (χ3n) is 2.81. The molecule has 0 aliphatic carbocycles. The predicted molar refractivity (Wildman–Crippen MR) is 78.0 cm³/mol. The maximum atomic E-state index is 9.75. The third kappa shape index (κ3) is 4.24. The third-order valence-corrected chi connectivity index (χ3v) is 3.04. The van der Waals surface area contributed by atoms with E-state index in [2.05, 4.69) is 0 Å². The van der Waals surface area contributed by atoms with E-state index in [1.165, 1.54) is 0 Å². The summed E-state index contributed by atoms with van der Waals surface area (Å²) in [7, 11) is -4.11. The first-order valence-corrected chi connectivity index (χ1v) is 6.65. The van der Waals surface area contributed by atoms with E-state index in [9.17, 15) is 17.3 Å². The maximum absolute atomic E-state index is 9.75. The Labute approximate surface area is 129 Å². The zero-order valence-electron chi connectivity index (χ0n) is 11.4. The van der Waals surface area contributed by atoms with Gasteiger partial charge in [-0.2, -0.15) is 0 Å². The molecule has 0 aliphatic heterocycles. The Morgan fingerprint density at radius 3 is 2.18 bits per heavy atom. The fraction of sp³-hybridized carbons (Fsp3) is 0.0714. The van der Waals surface area contributed by atoms with E-state index in [4.69, 9.17) is 16.1 Å². The van der Waals surface area contributed by atoms with E-state index in [1.54, 1.807) is 4.74 Å². The number of aryl methyl sites for hydroxylation is 1. The Morgan fingerprint density at radius 2 is 1.59 bits per heavy atom. The highest BCUT2D eigenvalue weighted by Gasteiger charge is 2.20. The molecular weight excluding hydrogens is 320 g/mol. The van der Waals surface area contributed by atoms with Crippen molar-refractivity contribution in [1.29, 1.82) is 0 Å². The summed E-state index contributed by atoms with van der Waals surface area (Å²) in [6.45, 7) is 0. The van der Waals surface area contributed by atoms with Gasteiger partial charge in [0.25, 0.3) is 5.52 Å². The van der Waals surface area contributed by atoms with E-state index < -0.39 is 7.25 Å². The van der Waals surface area contributed by atoms with Crippen molar-refractivity contribution in [2.45, 2.75) is 0 Å². The van der Waals surface area contributed by atoms with Crippen molar-refractivity contribution < 1.29 is 26.5 Å². The zero-order valence-corrected chi connectivity index (χ0v) is 12.2. The maximum Gasteiger partial charge on any atom is 0.673 e. The van der Waals surface area contributed by atoms with Crippen LogP contribution >= 0.6 is 11.6 Å². The zero-order chi connectivity index (χ0) is 16.3. The van der Waals surface area contributed by atoms with Crippen LogP contribution in [0.15, 0.2) is 53.1 Å². The molecule has 1 aromatic heterocycles. The minimum atomic E-state index is -6.00. The van der Waals surface area contributed by atoms with E-state index in [-0.39, 0.29) is 0 Å². The summed E-state index contributed by atoms with van der Waals surface area (Å²) < 4.78 is 46.5. The van der Waals surface area contributed by atoms with Crippen LogP contribution < -0.4 is 4.74 Å². The fourth-order valence-electron chi connectivity index (χ4n) is 2.00. The van der Waals surface area contributed by atoms with Crippen LogP contribution in [0.25, 0.3) is 22.2 Å². The molecule has 3 aromatic rings. The second-order valence-corrected chi connectivity index (χ2v) is 4.88. The van der Waals surface area contributed by atoms with Crippen molar-refractivity contribution in [1.82, 2.24) is 0 Å². The topological polar surface area (TPSA) is 17.0 Å². The van der Waals surface area contributed by atoms with Crippen molar-refractivity contribution >= 4 is 29.8 Å². The fourth-order valence-corrected chi connectivity index (χ4v) is 2.17. The Bertz CT molecular complexity index is 768. The molecule has 0 unspecified atom stereocenters. The molecule has 1 heterocycles. The Balaban J connectivity index is 0.000000309. The average Bonchev–Trinajstić information content (AvgIpc) is 2.75. The van der Waals surface area contributed by atoms with E-state index in [0.717, 1.165) is 27.2 Å². The van der Waals surface area contributed by atoms with Gasteiger partial charge in [-0.05, 0) is 16.9 Å². The Kier molecular flexibility index (Phi) is 4.76. The van der Waals surface area contributed by atoms with Crippen molar-refractivity contribution in [3.8, 4) is 11.3 Å². The van der Waals surface area contributed by atoms with Gasteiger partial charge in [-0.3, -0.25) is 0 Å². The highest BCUT2D eigenvalue weighted by atomic mass is 35.5. The van der Waals surface area contributed by atoms with Gasteiger partial charge >= 0.3 is 7.25 Å². The van der Waals surface area contributed by atoms with Gasteiger partial charge in [-0.25, -0.2) is 4.52 Å². The molecular formula is C14H11BClF4NO. The molecule has 3 rings (SSSR count). The number of fused-ring (bicyclic) bond motifs is 1. The van der Waals surface area contributed by atoms with Crippen LogP contribution in [0, 0.1) is 0 Å². The average molecular weight is 332 g/mol. The smallest absolute Gasteiger partial charge is 0.418 e. The molecule has 0 saturated carbocycles. The van der Waals surface area contributed by atoms with Crippen LogP contribution in [-0.2, 0) is 7.05 Å². The second kappa shape index (κ2) is 6.40. The molecule has 8 heteroatoms. The van der Waals surface area contributed by atoms with Gasteiger partial charge in [0.2, 0.25) is 5.76 Å². The van der Waals surface area contributed by atoms with E-state index >= 15 is 0 Å². The van der Waals surface area contributed by atoms with Crippen LogP contribution in [0.5, 0.6) is 0 Å². The van der Waals surface area contributed by atoms with Crippen LogP contribution in [-0.4, -0.2) is 7.25 Å². The highest BCUT2D eigenvalue weighted by molar-refractivity contribution is 6.50. The van der Waals surface area contributed by atoms with E-state index in [0.29, 0.717) is 0 Å². The second-order valence-electron chi connectivity index (χ2n) is 4.44. The molecule has 0 radical (unpaired) electrons. The summed E-state index contributed by atoms with van der Waals surface area (Å²) in [5, 5.41) is 1.75. The molecule has 0 aliphatic rings. The number of aromatic nitrogens is 1. The molecule has 2 nitrogen and oxygen atoms in total. The molecule has 2 aromatic carbocycles. The van der Waals surface area contributed by atoms with Crippen LogP contribution in [0.2, 0.25) is 5.02 Å². The van der Waals surface area contributed by atoms with Gasteiger partial charge in [0.1, 0.15) is 5.39 Å². The summed E-state index contributed by atoms with van der Waals surface area (Å²) >= 11 is 6.04.